The van der Waals surface area contributed by atoms with Gasteiger partial charge in [-0.1, -0.05) is 63.4 Å². The van der Waals surface area contributed by atoms with Gasteiger partial charge in [-0.05, 0) is 12.0 Å². The van der Waals surface area contributed by atoms with Crippen molar-refractivity contribution >= 4 is 11.3 Å². The van der Waals surface area contributed by atoms with E-state index in [1.807, 2.05) is 6.20 Å². The van der Waals surface area contributed by atoms with E-state index in [0.29, 0.717) is 12.0 Å². The lowest BCUT2D eigenvalue weighted by atomic mass is 10.00. The van der Waals surface area contributed by atoms with Gasteiger partial charge in [0.2, 0.25) is 0 Å². The first kappa shape index (κ1) is 16.2. The lowest BCUT2D eigenvalue weighted by Crippen LogP contribution is -2.25. The van der Waals surface area contributed by atoms with Gasteiger partial charge in [-0.25, -0.2) is 4.98 Å². The lowest BCUT2D eigenvalue weighted by molar-refractivity contribution is 0.459. The molecule has 2 rings (SSSR count). The number of nitrogens with one attached hydrogen (secondary N) is 1. The van der Waals surface area contributed by atoms with Crippen molar-refractivity contribution in [3.8, 4) is 0 Å². The fourth-order valence-corrected chi connectivity index (χ4v) is 3.25. The molecule has 21 heavy (non-hydrogen) atoms. The van der Waals surface area contributed by atoms with Gasteiger partial charge in [0.25, 0.3) is 0 Å². The molecule has 1 aromatic carbocycles. The summed E-state index contributed by atoms with van der Waals surface area (Å²) in [5.41, 5.74) is 1.40. The van der Waals surface area contributed by atoms with Crippen LogP contribution in [-0.2, 0) is 0 Å². The van der Waals surface area contributed by atoms with E-state index in [-0.39, 0.29) is 0 Å². The molecule has 0 aliphatic carbocycles. The molecule has 114 valence electrons. The number of unbranched alkanes of at least 4 members (excludes halogenated alkanes) is 2. The van der Waals surface area contributed by atoms with E-state index in [1.165, 1.54) is 36.3 Å². The largest absolute Gasteiger partial charge is 0.309 e. The van der Waals surface area contributed by atoms with Crippen LogP contribution >= 0.6 is 11.3 Å². The molecule has 2 aromatic rings. The smallest absolute Gasteiger partial charge is 0.0965 e. The fourth-order valence-electron chi connectivity index (χ4n) is 2.55. The Balaban J connectivity index is 1.92. The molecule has 0 spiro atoms. The van der Waals surface area contributed by atoms with Gasteiger partial charge in [0.15, 0.2) is 0 Å². The first-order valence-electron chi connectivity index (χ1n) is 7.99. The summed E-state index contributed by atoms with van der Waals surface area (Å²) < 4.78 is 0. The molecular weight excluding hydrogens is 276 g/mol. The molecule has 3 heteroatoms. The van der Waals surface area contributed by atoms with Gasteiger partial charge in [0.1, 0.15) is 0 Å². The summed E-state index contributed by atoms with van der Waals surface area (Å²) in [4.78, 5) is 4.42. The molecule has 2 unspecified atom stereocenters. The van der Waals surface area contributed by atoms with E-state index in [9.17, 15) is 0 Å². The summed E-state index contributed by atoms with van der Waals surface area (Å²) in [7, 11) is 0. The maximum Gasteiger partial charge on any atom is 0.0965 e. The van der Waals surface area contributed by atoms with Crippen molar-refractivity contribution in [2.75, 3.05) is 6.54 Å². The van der Waals surface area contributed by atoms with E-state index >= 15 is 0 Å². The first-order chi connectivity index (χ1) is 10.3. The minimum Gasteiger partial charge on any atom is -0.309 e. The van der Waals surface area contributed by atoms with Gasteiger partial charge in [0.05, 0.1) is 5.01 Å². The summed E-state index contributed by atoms with van der Waals surface area (Å²) in [6.45, 7) is 5.49. The van der Waals surface area contributed by atoms with Gasteiger partial charge >= 0.3 is 0 Å². The third-order valence-electron chi connectivity index (χ3n) is 3.84. The SMILES string of the molecule is CCCCCC(NCC(C)c1nccs1)c1ccccc1. The topological polar surface area (TPSA) is 24.9 Å². The molecule has 0 amide bonds. The average molecular weight is 302 g/mol. The van der Waals surface area contributed by atoms with Gasteiger partial charge in [-0.15, -0.1) is 11.3 Å². The Morgan fingerprint density at radius 1 is 1.19 bits per heavy atom. The number of nitrogens with zero attached hydrogens (tertiary/aromatic N) is 1. The molecular formula is C18H26N2S. The summed E-state index contributed by atoms with van der Waals surface area (Å²) in [5.74, 6) is 0.474. The Hall–Kier alpha value is -1.19. The number of hydrogen-bond acceptors (Lipinski definition) is 3. The van der Waals surface area contributed by atoms with Crippen molar-refractivity contribution in [2.24, 2.45) is 0 Å². The molecule has 0 saturated carbocycles. The van der Waals surface area contributed by atoms with E-state index in [0.717, 1.165) is 6.54 Å². The molecule has 0 aliphatic heterocycles. The highest BCUT2D eigenvalue weighted by Crippen LogP contribution is 2.22. The molecule has 2 nitrogen and oxygen atoms in total. The third-order valence-corrected chi connectivity index (χ3v) is 4.85. The van der Waals surface area contributed by atoms with Gasteiger partial charge in [-0.3, -0.25) is 0 Å². The Labute approximate surface area is 132 Å². The zero-order chi connectivity index (χ0) is 14.9. The van der Waals surface area contributed by atoms with Crippen LogP contribution in [0, 0.1) is 0 Å². The van der Waals surface area contributed by atoms with Crippen LogP contribution < -0.4 is 5.32 Å². The summed E-state index contributed by atoms with van der Waals surface area (Å²) in [6, 6.07) is 11.3. The lowest BCUT2D eigenvalue weighted by Gasteiger charge is -2.21. The Bertz CT molecular complexity index is 481. The van der Waals surface area contributed by atoms with Gasteiger partial charge in [-0.2, -0.15) is 0 Å². The first-order valence-corrected chi connectivity index (χ1v) is 8.87. The normalized spacial score (nSPS) is 14.0. The highest BCUT2D eigenvalue weighted by atomic mass is 32.1. The number of thiazole rings is 1. The molecule has 1 aromatic heterocycles. The predicted molar refractivity (Wildman–Crippen MR) is 91.9 cm³/mol. The highest BCUT2D eigenvalue weighted by Gasteiger charge is 2.14. The van der Waals surface area contributed by atoms with Crippen LogP contribution in [0.4, 0.5) is 0 Å². The van der Waals surface area contributed by atoms with E-state index in [1.54, 1.807) is 11.3 Å². The van der Waals surface area contributed by atoms with Crippen LogP contribution in [0.15, 0.2) is 41.9 Å². The third kappa shape index (κ3) is 5.25. The second-order valence-electron chi connectivity index (χ2n) is 5.64. The number of benzene rings is 1. The minimum absolute atomic E-state index is 0.458. The fraction of sp³-hybridized carbons (Fsp3) is 0.500. The van der Waals surface area contributed by atoms with Crippen molar-refractivity contribution in [1.29, 1.82) is 0 Å². The maximum atomic E-state index is 4.42. The van der Waals surface area contributed by atoms with Crippen molar-refractivity contribution < 1.29 is 0 Å². The molecule has 0 fully saturated rings. The Morgan fingerprint density at radius 2 is 2.00 bits per heavy atom. The Kier molecular flexibility index (Phi) is 6.90. The zero-order valence-electron chi connectivity index (χ0n) is 13.1. The predicted octanol–water partition coefficient (Wildman–Crippen LogP) is 5.16. The molecule has 1 N–H and O–H groups in total. The Morgan fingerprint density at radius 3 is 2.67 bits per heavy atom. The second-order valence-corrected chi connectivity index (χ2v) is 6.56. The maximum absolute atomic E-state index is 4.42. The van der Waals surface area contributed by atoms with Crippen LogP contribution in [0.25, 0.3) is 0 Å². The standard InChI is InChI=1S/C18H26N2S/c1-3-4-6-11-17(16-9-7-5-8-10-16)20-14-15(2)18-19-12-13-21-18/h5,7-10,12-13,15,17,20H,3-4,6,11,14H2,1-2H3. The van der Waals surface area contributed by atoms with Crippen molar-refractivity contribution in [1.82, 2.24) is 10.3 Å². The number of aromatic nitrogens is 1. The van der Waals surface area contributed by atoms with Crippen molar-refractivity contribution in [2.45, 2.75) is 51.5 Å². The van der Waals surface area contributed by atoms with Crippen LogP contribution in [0.3, 0.4) is 0 Å². The molecule has 0 saturated heterocycles. The zero-order valence-corrected chi connectivity index (χ0v) is 13.9. The second kappa shape index (κ2) is 8.96. The van der Waals surface area contributed by atoms with Crippen molar-refractivity contribution in [3.63, 3.8) is 0 Å². The van der Waals surface area contributed by atoms with Crippen LogP contribution in [0.5, 0.6) is 0 Å². The van der Waals surface area contributed by atoms with Crippen LogP contribution in [-0.4, -0.2) is 11.5 Å². The van der Waals surface area contributed by atoms with Gasteiger partial charge in [0, 0.05) is 30.1 Å². The highest BCUT2D eigenvalue weighted by molar-refractivity contribution is 7.09. The monoisotopic (exact) mass is 302 g/mol. The summed E-state index contributed by atoms with van der Waals surface area (Å²) >= 11 is 1.75. The van der Waals surface area contributed by atoms with Crippen LogP contribution in [0.1, 0.15) is 62.1 Å². The van der Waals surface area contributed by atoms with E-state index in [2.05, 4.69) is 59.9 Å². The number of hydrogen-bond donors (Lipinski definition) is 1. The summed E-state index contributed by atoms with van der Waals surface area (Å²) in [6.07, 6.45) is 6.98. The van der Waals surface area contributed by atoms with Gasteiger partial charge < -0.3 is 5.32 Å². The van der Waals surface area contributed by atoms with E-state index < -0.39 is 0 Å². The summed E-state index contributed by atoms with van der Waals surface area (Å²) in [5, 5.41) is 7.03. The molecule has 0 bridgehead atoms. The number of rotatable bonds is 9. The average Bonchev–Trinajstić information content (AvgIpc) is 3.06. The van der Waals surface area contributed by atoms with Crippen LogP contribution in [0.2, 0.25) is 0 Å². The van der Waals surface area contributed by atoms with Crippen molar-refractivity contribution in [3.05, 3.63) is 52.5 Å². The molecule has 1 heterocycles. The molecule has 2 atom stereocenters. The quantitative estimate of drug-likeness (QED) is 0.647. The molecule has 0 radical (unpaired) electrons. The molecule has 0 aliphatic rings. The van der Waals surface area contributed by atoms with E-state index in [4.69, 9.17) is 0 Å². The minimum atomic E-state index is 0.458.